The Bertz CT molecular complexity index is 590. The molecule has 0 bridgehead atoms. The SMILES string of the molecule is CNCc1cnc(Oc2ccc(Br)cc2Br)nc1C. The van der Waals surface area contributed by atoms with Crippen LogP contribution in [0.5, 0.6) is 11.8 Å². The van der Waals surface area contributed by atoms with Gasteiger partial charge in [-0.15, -0.1) is 0 Å². The molecule has 2 rings (SSSR count). The van der Waals surface area contributed by atoms with Crippen molar-refractivity contribution in [1.29, 1.82) is 0 Å². The van der Waals surface area contributed by atoms with Crippen LogP contribution in [0, 0.1) is 6.92 Å². The van der Waals surface area contributed by atoms with Crippen molar-refractivity contribution in [2.45, 2.75) is 13.5 Å². The average Bonchev–Trinajstić information content (AvgIpc) is 2.36. The molecule has 0 atom stereocenters. The average molecular weight is 387 g/mol. The van der Waals surface area contributed by atoms with Crippen LogP contribution in [0.25, 0.3) is 0 Å². The van der Waals surface area contributed by atoms with Crippen molar-refractivity contribution in [2.24, 2.45) is 0 Å². The molecular formula is C13H13Br2N3O. The normalized spacial score (nSPS) is 10.5. The van der Waals surface area contributed by atoms with Gasteiger partial charge >= 0.3 is 6.01 Å². The number of rotatable bonds is 4. The van der Waals surface area contributed by atoms with Gasteiger partial charge in [0.15, 0.2) is 0 Å². The molecular weight excluding hydrogens is 374 g/mol. The highest BCUT2D eigenvalue weighted by Crippen LogP contribution is 2.30. The Morgan fingerprint density at radius 2 is 2.11 bits per heavy atom. The Labute approximate surface area is 128 Å². The fourth-order valence-corrected chi connectivity index (χ4v) is 2.67. The second-order valence-electron chi connectivity index (χ2n) is 3.97. The summed E-state index contributed by atoms with van der Waals surface area (Å²) in [5, 5.41) is 3.08. The lowest BCUT2D eigenvalue weighted by Gasteiger charge is -2.09. The van der Waals surface area contributed by atoms with Crippen LogP contribution >= 0.6 is 31.9 Å². The summed E-state index contributed by atoms with van der Waals surface area (Å²) in [6.45, 7) is 2.69. The van der Waals surface area contributed by atoms with E-state index in [1.165, 1.54) is 0 Å². The summed E-state index contributed by atoms with van der Waals surface area (Å²) < 4.78 is 7.50. The zero-order valence-electron chi connectivity index (χ0n) is 10.6. The summed E-state index contributed by atoms with van der Waals surface area (Å²) in [4.78, 5) is 8.56. The molecule has 19 heavy (non-hydrogen) atoms. The van der Waals surface area contributed by atoms with Crippen molar-refractivity contribution < 1.29 is 4.74 Å². The lowest BCUT2D eigenvalue weighted by molar-refractivity contribution is 0.436. The Kier molecular flexibility index (Phi) is 4.90. The number of nitrogens with one attached hydrogen (secondary N) is 1. The maximum Gasteiger partial charge on any atom is 0.322 e. The number of halogens is 2. The van der Waals surface area contributed by atoms with Crippen molar-refractivity contribution in [2.75, 3.05) is 7.05 Å². The standard InChI is InChI=1S/C13H13Br2N3O/c1-8-9(6-16-2)7-17-13(18-8)19-12-4-3-10(14)5-11(12)15/h3-5,7,16H,6H2,1-2H3. The molecule has 1 N–H and O–H groups in total. The van der Waals surface area contributed by atoms with E-state index in [0.29, 0.717) is 11.8 Å². The minimum Gasteiger partial charge on any atom is -0.423 e. The summed E-state index contributed by atoms with van der Waals surface area (Å²) in [5.41, 5.74) is 1.97. The second-order valence-corrected chi connectivity index (χ2v) is 5.74. The molecule has 1 heterocycles. The number of nitrogens with zero attached hydrogens (tertiary/aromatic N) is 2. The van der Waals surface area contributed by atoms with Crippen molar-refractivity contribution in [3.63, 3.8) is 0 Å². The predicted octanol–water partition coefficient (Wildman–Crippen LogP) is 3.82. The molecule has 1 aromatic heterocycles. The first-order valence-electron chi connectivity index (χ1n) is 5.70. The van der Waals surface area contributed by atoms with Crippen molar-refractivity contribution >= 4 is 31.9 Å². The summed E-state index contributed by atoms with van der Waals surface area (Å²) in [6.07, 6.45) is 1.78. The Balaban J connectivity index is 2.21. The minimum absolute atomic E-state index is 0.348. The van der Waals surface area contributed by atoms with Gasteiger partial charge < -0.3 is 10.1 Å². The molecule has 1 aromatic carbocycles. The van der Waals surface area contributed by atoms with Gasteiger partial charge in [-0.3, -0.25) is 0 Å². The van der Waals surface area contributed by atoms with Gasteiger partial charge in [-0.1, -0.05) is 15.9 Å². The Morgan fingerprint density at radius 3 is 2.74 bits per heavy atom. The highest BCUT2D eigenvalue weighted by atomic mass is 79.9. The molecule has 100 valence electrons. The first-order chi connectivity index (χ1) is 9.10. The molecule has 6 heteroatoms. The molecule has 0 unspecified atom stereocenters. The van der Waals surface area contributed by atoms with Gasteiger partial charge in [0, 0.05) is 28.5 Å². The van der Waals surface area contributed by atoms with Gasteiger partial charge in [0.05, 0.1) is 4.47 Å². The number of aromatic nitrogens is 2. The van der Waals surface area contributed by atoms with E-state index in [9.17, 15) is 0 Å². The van der Waals surface area contributed by atoms with E-state index in [0.717, 1.165) is 26.7 Å². The van der Waals surface area contributed by atoms with Crippen LogP contribution in [0.1, 0.15) is 11.3 Å². The molecule has 0 amide bonds. The third kappa shape index (κ3) is 3.75. The smallest absolute Gasteiger partial charge is 0.322 e. The van der Waals surface area contributed by atoms with E-state index in [4.69, 9.17) is 4.74 Å². The first kappa shape index (κ1) is 14.4. The highest BCUT2D eigenvalue weighted by Gasteiger charge is 2.07. The third-order valence-corrected chi connectivity index (χ3v) is 3.63. The van der Waals surface area contributed by atoms with Crippen LogP contribution in [0.3, 0.4) is 0 Å². The predicted molar refractivity (Wildman–Crippen MR) is 81.4 cm³/mol. The molecule has 0 radical (unpaired) electrons. The Hall–Kier alpha value is -0.980. The molecule has 0 aliphatic heterocycles. The highest BCUT2D eigenvalue weighted by molar-refractivity contribution is 9.11. The van der Waals surface area contributed by atoms with Gasteiger partial charge in [0.1, 0.15) is 5.75 Å². The van der Waals surface area contributed by atoms with Crippen LogP contribution in [-0.4, -0.2) is 17.0 Å². The molecule has 0 fully saturated rings. The number of benzene rings is 1. The minimum atomic E-state index is 0.348. The quantitative estimate of drug-likeness (QED) is 0.867. The van der Waals surface area contributed by atoms with E-state index < -0.39 is 0 Å². The van der Waals surface area contributed by atoms with E-state index in [1.807, 2.05) is 32.2 Å². The summed E-state index contributed by atoms with van der Waals surface area (Å²) in [5.74, 6) is 0.684. The van der Waals surface area contributed by atoms with Crippen molar-refractivity contribution in [3.05, 3.63) is 44.6 Å². The molecule has 4 nitrogen and oxygen atoms in total. The molecule has 0 saturated heterocycles. The van der Waals surface area contributed by atoms with Crippen LogP contribution in [0.15, 0.2) is 33.3 Å². The number of aryl methyl sites for hydroxylation is 1. The van der Waals surface area contributed by atoms with Gasteiger partial charge in [-0.05, 0) is 48.1 Å². The van der Waals surface area contributed by atoms with Crippen molar-refractivity contribution in [1.82, 2.24) is 15.3 Å². The second kappa shape index (κ2) is 6.45. The lowest BCUT2D eigenvalue weighted by Crippen LogP contribution is -2.08. The number of hydrogen-bond donors (Lipinski definition) is 1. The van der Waals surface area contributed by atoms with Crippen LogP contribution in [0.4, 0.5) is 0 Å². The fraction of sp³-hybridized carbons (Fsp3) is 0.231. The van der Waals surface area contributed by atoms with E-state index in [-0.39, 0.29) is 0 Å². The van der Waals surface area contributed by atoms with Crippen LogP contribution < -0.4 is 10.1 Å². The first-order valence-corrected chi connectivity index (χ1v) is 7.29. The maximum absolute atomic E-state index is 5.67. The number of hydrogen-bond acceptors (Lipinski definition) is 4. The van der Waals surface area contributed by atoms with Gasteiger partial charge in [-0.25, -0.2) is 4.98 Å². The van der Waals surface area contributed by atoms with E-state index in [2.05, 4.69) is 47.1 Å². The molecule has 0 aliphatic rings. The van der Waals surface area contributed by atoms with Gasteiger partial charge in [-0.2, -0.15) is 4.98 Å². The summed E-state index contributed by atoms with van der Waals surface area (Å²) in [7, 11) is 1.89. The van der Waals surface area contributed by atoms with Gasteiger partial charge in [0.25, 0.3) is 0 Å². The zero-order valence-corrected chi connectivity index (χ0v) is 13.7. The molecule has 0 aliphatic carbocycles. The lowest BCUT2D eigenvalue weighted by atomic mass is 10.2. The van der Waals surface area contributed by atoms with Crippen molar-refractivity contribution in [3.8, 4) is 11.8 Å². The summed E-state index contributed by atoms with van der Waals surface area (Å²) >= 11 is 6.84. The third-order valence-electron chi connectivity index (χ3n) is 2.52. The van der Waals surface area contributed by atoms with Gasteiger partial charge in [0.2, 0.25) is 0 Å². The zero-order chi connectivity index (χ0) is 13.8. The molecule has 0 spiro atoms. The summed E-state index contributed by atoms with van der Waals surface area (Å²) in [6, 6.07) is 6.02. The largest absolute Gasteiger partial charge is 0.423 e. The van der Waals surface area contributed by atoms with Crippen LogP contribution in [-0.2, 0) is 6.54 Å². The van der Waals surface area contributed by atoms with Crippen LogP contribution in [0.2, 0.25) is 0 Å². The van der Waals surface area contributed by atoms with E-state index >= 15 is 0 Å². The fourth-order valence-electron chi connectivity index (χ4n) is 1.54. The monoisotopic (exact) mass is 385 g/mol. The molecule has 2 aromatic rings. The topological polar surface area (TPSA) is 47.0 Å². The van der Waals surface area contributed by atoms with E-state index in [1.54, 1.807) is 6.20 Å². The number of ether oxygens (including phenoxy) is 1. The maximum atomic E-state index is 5.67. The Morgan fingerprint density at radius 1 is 1.32 bits per heavy atom. The molecule has 0 saturated carbocycles.